The zero-order valence-corrected chi connectivity index (χ0v) is 13.0. The van der Waals surface area contributed by atoms with Crippen LogP contribution in [-0.2, 0) is 0 Å². The first-order chi connectivity index (χ1) is 9.19. The van der Waals surface area contributed by atoms with E-state index < -0.39 is 0 Å². The van der Waals surface area contributed by atoms with E-state index in [0.29, 0.717) is 0 Å². The fourth-order valence-electron chi connectivity index (χ4n) is 4.90. The molecule has 2 aliphatic carbocycles. The Morgan fingerprint density at radius 2 is 1.00 bits per heavy atom. The number of hydrogen-bond acceptors (Lipinski definition) is 2. The molecular weight excluding hydrogens is 232 g/mol. The molecule has 3 aliphatic heterocycles. The van der Waals surface area contributed by atoms with E-state index in [2.05, 4.69) is 23.9 Å². The molecule has 3 heterocycles. The molecule has 5 fully saturated rings. The summed E-state index contributed by atoms with van der Waals surface area (Å²) in [6.45, 7) is 5.49. The lowest BCUT2D eigenvalue weighted by molar-refractivity contribution is 0.0443. The molecule has 0 spiro atoms. The van der Waals surface area contributed by atoms with E-state index in [1.807, 2.05) is 0 Å². The molecule has 110 valence electrons. The zero-order valence-electron chi connectivity index (χ0n) is 13.0. The van der Waals surface area contributed by atoms with Gasteiger partial charge < -0.3 is 9.80 Å². The van der Waals surface area contributed by atoms with Crippen molar-refractivity contribution in [3.63, 3.8) is 0 Å². The van der Waals surface area contributed by atoms with Crippen molar-refractivity contribution in [1.29, 1.82) is 0 Å². The Hall–Kier alpha value is -0.0800. The van der Waals surface area contributed by atoms with Crippen molar-refractivity contribution in [1.82, 2.24) is 9.80 Å². The Labute approximate surface area is 119 Å². The van der Waals surface area contributed by atoms with E-state index in [1.165, 1.54) is 71.1 Å². The SMILES string of the molecule is CN1CC2CC(C2)C1.CN1CC2CCCC(CC2)C1. The predicted octanol–water partition coefficient (Wildman–Crippen LogP) is 3.09. The van der Waals surface area contributed by atoms with Crippen molar-refractivity contribution < 1.29 is 0 Å². The van der Waals surface area contributed by atoms with Gasteiger partial charge >= 0.3 is 0 Å². The van der Waals surface area contributed by atoms with Gasteiger partial charge in [-0.3, -0.25) is 0 Å². The molecule has 2 saturated carbocycles. The maximum Gasteiger partial charge on any atom is 0.000694 e. The first-order valence-corrected chi connectivity index (χ1v) is 8.56. The highest BCUT2D eigenvalue weighted by molar-refractivity contribution is 4.88. The monoisotopic (exact) mass is 264 g/mol. The molecule has 3 saturated heterocycles. The van der Waals surface area contributed by atoms with Gasteiger partial charge in [0.1, 0.15) is 0 Å². The van der Waals surface area contributed by atoms with Gasteiger partial charge in [0.2, 0.25) is 0 Å². The van der Waals surface area contributed by atoms with Gasteiger partial charge in [-0.15, -0.1) is 0 Å². The van der Waals surface area contributed by atoms with Crippen LogP contribution >= 0.6 is 0 Å². The van der Waals surface area contributed by atoms with Gasteiger partial charge in [0.15, 0.2) is 0 Å². The summed E-state index contributed by atoms with van der Waals surface area (Å²) in [6, 6.07) is 0. The van der Waals surface area contributed by atoms with Gasteiger partial charge in [-0.05, 0) is 76.3 Å². The predicted molar refractivity (Wildman–Crippen MR) is 81.3 cm³/mol. The molecule has 0 aromatic heterocycles. The topological polar surface area (TPSA) is 6.48 Å². The molecule has 2 heteroatoms. The van der Waals surface area contributed by atoms with Gasteiger partial charge in [-0.2, -0.15) is 0 Å². The lowest BCUT2D eigenvalue weighted by Gasteiger charge is -2.45. The van der Waals surface area contributed by atoms with Crippen molar-refractivity contribution >= 4 is 0 Å². The van der Waals surface area contributed by atoms with Gasteiger partial charge in [-0.1, -0.05) is 6.42 Å². The minimum absolute atomic E-state index is 1.03. The number of piperidine rings is 2. The van der Waals surface area contributed by atoms with E-state index in [0.717, 1.165) is 23.7 Å². The fourth-order valence-corrected chi connectivity index (χ4v) is 4.90. The van der Waals surface area contributed by atoms with E-state index in [4.69, 9.17) is 0 Å². The number of fused-ring (bicyclic) bond motifs is 5. The fraction of sp³-hybridized carbons (Fsp3) is 1.00. The number of likely N-dealkylation sites (tertiary alicyclic amines) is 1. The Balaban J connectivity index is 0.000000122. The van der Waals surface area contributed by atoms with Crippen molar-refractivity contribution in [2.45, 2.75) is 44.9 Å². The van der Waals surface area contributed by atoms with Crippen LogP contribution in [0.25, 0.3) is 0 Å². The Morgan fingerprint density at radius 1 is 0.579 bits per heavy atom. The summed E-state index contributed by atoms with van der Waals surface area (Å²) in [5.41, 5.74) is 0. The summed E-state index contributed by atoms with van der Waals surface area (Å²) in [6.07, 6.45) is 10.6. The van der Waals surface area contributed by atoms with Crippen LogP contribution in [0.1, 0.15) is 44.9 Å². The van der Waals surface area contributed by atoms with Gasteiger partial charge in [0.05, 0.1) is 0 Å². The summed E-state index contributed by atoms with van der Waals surface area (Å²) < 4.78 is 0. The van der Waals surface area contributed by atoms with E-state index >= 15 is 0 Å². The van der Waals surface area contributed by atoms with Gasteiger partial charge in [-0.25, -0.2) is 0 Å². The zero-order chi connectivity index (χ0) is 13.2. The molecule has 5 rings (SSSR count). The van der Waals surface area contributed by atoms with Crippen LogP contribution < -0.4 is 0 Å². The first-order valence-electron chi connectivity index (χ1n) is 8.56. The van der Waals surface area contributed by atoms with Crippen LogP contribution in [0.4, 0.5) is 0 Å². The van der Waals surface area contributed by atoms with Crippen LogP contribution in [-0.4, -0.2) is 50.1 Å². The average Bonchev–Trinajstić information content (AvgIpc) is 2.62. The molecule has 2 unspecified atom stereocenters. The molecule has 2 nitrogen and oxygen atoms in total. The third kappa shape index (κ3) is 3.72. The molecule has 2 atom stereocenters. The van der Waals surface area contributed by atoms with Crippen LogP contribution in [0, 0.1) is 23.7 Å². The number of rotatable bonds is 0. The molecule has 0 amide bonds. The highest BCUT2D eigenvalue weighted by atomic mass is 15.1. The minimum atomic E-state index is 1.03. The third-order valence-electron chi connectivity index (χ3n) is 5.82. The second-order valence-electron chi connectivity index (χ2n) is 7.89. The normalized spacial score (nSPS) is 42.6. The summed E-state index contributed by atoms with van der Waals surface area (Å²) >= 11 is 0. The highest BCUT2D eigenvalue weighted by Crippen LogP contribution is 2.38. The van der Waals surface area contributed by atoms with E-state index in [1.54, 1.807) is 0 Å². The third-order valence-corrected chi connectivity index (χ3v) is 5.82. The summed E-state index contributed by atoms with van der Waals surface area (Å²) in [7, 11) is 4.52. The van der Waals surface area contributed by atoms with Gasteiger partial charge in [0, 0.05) is 26.2 Å². The first kappa shape index (κ1) is 13.9. The molecule has 4 bridgehead atoms. The second kappa shape index (κ2) is 6.13. The number of hydrogen-bond donors (Lipinski definition) is 0. The van der Waals surface area contributed by atoms with Crippen molar-refractivity contribution in [3.8, 4) is 0 Å². The quantitative estimate of drug-likeness (QED) is 0.663. The number of nitrogens with zero attached hydrogens (tertiary/aromatic N) is 2. The summed E-state index contributed by atoms with van der Waals surface area (Å²) in [4.78, 5) is 5.00. The molecule has 19 heavy (non-hydrogen) atoms. The van der Waals surface area contributed by atoms with Gasteiger partial charge in [0.25, 0.3) is 0 Å². The summed E-state index contributed by atoms with van der Waals surface area (Å²) in [5, 5.41) is 0. The highest BCUT2D eigenvalue weighted by Gasteiger charge is 2.35. The smallest absolute Gasteiger partial charge is 0.000694 e. The molecule has 0 aromatic rings. The molecule has 5 aliphatic rings. The molecule has 0 N–H and O–H groups in total. The Bertz CT molecular complexity index is 261. The van der Waals surface area contributed by atoms with Crippen LogP contribution in [0.3, 0.4) is 0 Å². The van der Waals surface area contributed by atoms with Crippen molar-refractivity contribution in [2.24, 2.45) is 23.7 Å². The van der Waals surface area contributed by atoms with Crippen LogP contribution in [0.5, 0.6) is 0 Å². The standard InChI is InChI=1S/C10H19N.C7H13N/c1-11-7-9-3-2-4-10(8-11)6-5-9;1-8-4-6-2-7(3-6)5-8/h9-10H,2-8H2,1H3;6-7H,2-5H2,1H3. The molecule has 0 radical (unpaired) electrons. The second-order valence-corrected chi connectivity index (χ2v) is 7.89. The largest absolute Gasteiger partial charge is 0.306 e. The average molecular weight is 264 g/mol. The Kier molecular flexibility index (Phi) is 4.48. The molecule has 0 aromatic carbocycles. The van der Waals surface area contributed by atoms with Crippen molar-refractivity contribution in [3.05, 3.63) is 0 Å². The molecular formula is C17H32N2. The van der Waals surface area contributed by atoms with E-state index in [-0.39, 0.29) is 0 Å². The lowest BCUT2D eigenvalue weighted by atomic mass is 9.71. The van der Waals surface area contributed by atoms with Crippen molar-refractivity contribution in [2.75, 3.05) is 40.3 Å². The summed E-state index contributed by atoms with van der Waals surface area (Å²) in [5.74, 6) is 4.23. The van der Waals surface area contributed by atoms with Crippen LogP contribution in [0.2, 0.25) is 0 Å². The minimum Gasteiger partial charge on any atom is -0.306 e. The maximum atomic E-state index is 2.54. The van der Waals surface area contributed by atoms with E-state index in [9.17, 15) is 0 Å². The lowest BCUT2D eigenvalue weighted by Crippen LogP contribution is -2.46. The maximum absolute atomic E-state index is 2.54. The Morgan fingerprint density at radius 3 is 1.42 bits per heavy atom. The van der Waals surface area contributed by atoms with Crippen LogP contribution in [0.15, 0.2) is 0 Å².